The first-order valence-electron chi connectivity index (χ1n) is 5.45. The second kappa shape index (κ2) is 4.47. The molecule has 0 aliphatic carbocycles. The molecule has 18 heavy (non-hydrogen) atoms. The van der Waals surface area contributed by atoms with Gasteiger partial charge in [-0.3, -0.25) is 4.79 Å². The molecule has 0 aromatic carbocycles. The number of amides is 1. The van der Waals surface area contributed by atoms with Gasteiger partial charge >= 0.3 is 6.18 Å². The highest BCUT2D eigenvalue weighted by Gasteiger charge is 2.33. The number of rotatable bonds is 1. The number of nitrogens with zero attached hydrogens (tertiary/aromatic N) is 2. The number of nitrogens with one attached hydrogen (secondary N) is 1. The van der Waals surface area contributed by atoms with Gasteiger partial charge in [-0.15, -0.1) is 0 Å². The lowest BCUT2D eigenvalue weighted by Crippen LogP contribution is -2.53. The van der Waals surface area contributed by atoms with E-state index >= 15 is 0 Å². The molecule has 1 aliphatic rings. The Labute approximate surface area is 102 Å². The molecule has 1 amide bonds. The van der Waals surface area contributed by atoms with Crippen molar-refractivity contribution in [2.75, 3.05) is 18.0 Å². The Balaban J connectivity index is 2.25. The molecule has 7 heteroatoms. The average Bonchev–Trinajstić information content (AvgIpc) is 2.27. The highest BCUT2D eigenvalue weighted by Crippen LogP contribution is 2.29. The molecule has 1 N–H and O–H groups in total. The van der Waals surface area contributed by atoms with Gasteiger partial charge in [0.05, 0.1) is 6.54 Å². The van der Waals surface area contributed by atoms with E-state index in [1.54, 1.807) is 11.8 Å². The van der Waals surface area contributed by atoms with Crippen molar-refractivity contribution in [3.8, 4) is 0 Å². The van der Waals surface area contributed by atoms with E-state index in [0.717, 1.165) is 6.07 Å². The molecule has 0 unspecified atom stereocenters. The van der Waals surface area contributed by atoms with Gasteiger partial charge in [0.2, 0.25) is 5.91 Å². The summed E-state index contributed by atoms with van der Waals surface area (Å²) in [5.74, 6) is -0.0421. The Kier molecular flexibility index (Phi) is 3.14. The molecule has 0 radical (unpaired) electrons. The number of anilines is 1. The average molecular weight is 259 g/mol. The van der Waals surface area contributed by atoms with Crippen LogP contribution in [-0.4, -0.2) is 30.0 Å². The summed E-state index contributed by atoms with van der Waals surface area (Å²) in [4.78, 5) is 16.4. The summed E-state index contributed by atoms with van der Waals surface area (Å²) < 4.78 is 37.6. The quantitative estimate of drug-likeness (QED) is 0.829. The van der Waals surface area contributed by atoms with Gasteiger partial charge in [0, 0.05) is 12.6 Å². The van der Waals surface area contributed by atoms with Crippen molar-refractivity contribution in [1.29, 1.82) is 0 Å². The summed E-state index contributed by atoms with van der Waals surface area (Å²) in [7, 11) is 0. The van der Waals surface area contributed by atoms with E-state index in [9.17, 15) is 18.0 Å². The normalized spacial score (nSPS) is 20.8. The largest absolute Gasteiger partial charge is 0.433 e. The van der Waals surface area contributed by atoms with E-state index in [0.29, 0.717) is 6.54 Å². The maximum Gasteiger partial charge on any atom is 0.433 e. The topological polar surface area (TPSA) is 45.2 Å². The number of hydrogen-bond acceptors (Lipinski definition) is 3. The van der Waals surface area contributed by atoms with Crippen molar-refractivity contribution in [3.63, 3.8) is 0 Å². The number of aromatic nitrogens is 1. The van der Waals surface area contributed by atoms with Gasteiger partial charge in [0.25, 0.3) is 0 Å². The maximum atomic E-state index is 12.5. The predicted octanol–water partition coefficient (Wildman–Crippen LogP) is 1.43. The third-order valence-electron chi connectivity index (χ3n) is 2.58. The van der Waals surface area contributed by atoms with Gasteiger partial charge in [-0.05, 0) is 19.1 Å². The molecule has 0 saturated carbocycles. The zero-order valence-electron chi connectivity index (χ0n) is 9.66. The first-order chi connectivity index (χ1) is 8.36. The van der Waals surface area contributed by atoms with Crippen molar-refractivity contribution in [2.24, 2.45) is 0 Å². The smallest absolute Gasteiger partial charge is 0.350 e. The van der Waals surface area contributed by atoms with Crippen molar-refractivity contribution >= 4 is 11.7 Å². The summed E-state index contributed by atoms with van der Waals surface area (Å²) in [6.45, 7) is 2.26. The third kappa shape index (κ3) is 2.72. The Morgan fingerprint density at radius 1 is 1.44 bits per heavy atom. The second-order valence-electron chi connectivity index (χ2n) is 4.23. The number of piperazine rings is 1. The molecule has 1 atom stereocenters. The molecular formula is C11H12F3N3O. The minimum Gasteiger partial charge on any atom is -0.350 e. The van der Waals surface area contributed by atoms with Crippen LogP contribution in [-0.2, 0) is 11.0 Å². The summed E-state index contributed by atoms with van der Waals surface area (Å²) in [6.07, 6.45) is -4.47. The minimum atomic E-state index is -4.47. The number of hydrogen-bond donors (Lipinski definition) is 1. The van der Waals surface area contributed by atoms with Gasteiger partial charge in [-0.1, -0.05) is 6.07 Å². The van der Waals surface area contributed by atoms with Crippen LogP contribution in [0.15, 0.2) is 18.2 Å². The number of alkyl halides is 3. The van der Waals surface area contributed by atoms with Gasteiger partial charge in [0.15, 0.2) is 0 Å². The zero-order valence-corrected chi connectivity index (χ0v) is 9.66. The van der Waals surface area contributed by atoms with Gasteiger partial charge in [0.1, 0.15) is 11.5 Å². The van der Waals surface area contributed by atoms with E-state index in [1.165, 1.54) is 12.1 Å². The van der Waals surface area contributed by atoms with Crippen LogP contribution in [0, 0.1) is 0 Å². The number of halogens is 3. The van der Waals surface area contributed by atoms with Crippen molar-refractivity contribution in [2.45, 2.75) is 19.1 Å². The molecule has 1 aromatic heterocycles. The molecule has 2 rings (SSSR count). The van der Waals surface area contributed by atoms with Gasteiger partial charge in [-0.25, -0.2) is 4.98 Å². The third-order valence-corrected chi connectivity index (χ3v) is 2.58. The Morgan fingerprint density at radius 2 is 2.17 bits per heavy atom. The van der Waals surface area contributed by atoms with Crippen LogP contribution >= 0.6 is 0 Å². The molecule has 0 spiro atoms. The zero-order chi connectivity index (χ0) is 13.3. The summed E-state index contributed by atoms with van der Waals surface area (Å²) >= 11 is 0. The van der Waals surface area contributed by atoms with Crippen LogP contribution in [0.25, 0.3) is 0 Å². The summed E-state index contributed by atoms with van der Waals surface area (Å²) in [5, 5.41) is 2.69. The lowest BCUT2D eigenvalue weighted by molar-refractivity contribution is -0.141. The lowest BCUT2D eigenvalue weighted by atomic mass is 10.2. The van der Waals surface area contributed by atoms with Crippen LogP contribution in [0.5, 0.6) is 0 Å². The van der Waals surface area contributed by atoms with Crippen LogP contribution in [0.2, 0.25) is 0 Å². The highest BCUT2D eigenvalue weighted by molar-refractivity contribution is 5.82. The van der Waals surface area contributed by atoms with Crippen LogP contribution in [0.1, 0.15) is 12.6 Å². The van der Waals surface area contributed by atoms with Gasteiger partial charge < -0.3 is 10.2 Å². The van der Waals surface area contributed by atoms with E-state index in [1.807, 2.05) is 0 Å². The molecule has 2 heterocycles. The van der Waals surface area contributed by atoms with Crippen LogP contribution in [0.3, 0.4) is 0 Å². The van der Waals surface area contributed by atoms with E-state index < -0.39 is 11.9 Å². The Bertz CT molecular complexity index is 461. The molecule has 98 valence electrons. The maximum absolute atomic E-state index is 12.5. The fraction of sp³-hybridized carbons (Fsp3) is 0.455. The second-order valence-corrected chi connectivity index (χ2v) is 4.23. The Hall–Kier alpha value is -1.79. The lowest BCUT2D eigenvalue weighted by Gasteiger charge is -2.32. The number of pyridine rings is 1. The molecule has 4 nitrogen and oxygen atoms in total. The molecule has 1 aromatic rings. The standard InChI is InChI=1S/C11H12F3N3O/c1-7-5-17(6-10(18)15-7)9-4-2-3-8(16-9)11(12,13)14/h2-4,7H,5-6H2,1H3,(H,15,18)/t7-/m1/s1. The number of carbonyl (C=O) groups is 1. The van der Waals surface area contributed by atoms with Gasteiger partial charge in [-0.2, -0.15) is 13.2 Å². The van der Waals surface area contributed by atoms with Crippen molar-refractivity contribution < 1.29 is 18.0 Å². The molecule has 0 bridgehead atoms. The van der Waals surface area contributed by atoms with Crippen molar-refractivity contribution in [3.05, 3.63) is 23.9 Å². The SMILES string of the molecule is C[C@@H]1CN(c2cccc(C(F)(F)F)n2)CC(=O)N1. The summed E-state index contributed by atoms with van der Waals surface area (Å²) in [6, 6.07) is 3.57. The molecule has 1 aliphatic heterocycles. The number of carbonyl (C=O) groups excluding carboxylic acids is 1. The monoisotopic (exact) mass is 259 g/mol. The molecular weight excluding hydrogens is 247 g/mol. The van der Waals surface area contributed by atoms with Crippen LogP contribution in [0.4, 0.5) is 19.0 Å². The fourth-order valence-electron chi connectivity index (χ4n) is 1.87. The Morgan fingerprint density at radius 3 is 2.78 bits per heavy atom. The minimum absolute atomic E-state index is 0.0264. The predicted molar refractivity (Wildman–Crippen MR) is 59.1 cm³/mol. The van der Waals surface area contributed by atoms with Crippen LogP contribution < -0.4 is 10.2 Å². The van der Waals surface area contributed by atoms with E-state index in [-0.39, 0.29) is 24.3 Å². The first kappa shape index (κ1) is 12.7. The molecule has 1 fully saturated rings. The van der Waals surface area contributed by atoms with Crippen molar-refractivity contribution in [1.82, 2.24) is 10.3 Å². The van der Waals surface area contributed by atoms with E-state index in [2.05, 4.69) is 10.3 Å². The molecule has 1 saturated heterocycles. The summed E-state index contributed by atoms with van der Waals surface area (Å²) in [5.41, 5.74) is -0.946. The first-order valence-corrected chi connectivity index (χ1v) is 5.45. The highest BCUT2D eigenvalue weighted by atomic mass is 19.4. The fourth-order valence-corrected chi connectivity index (χ4v) is 1.87. The van der Waals surface area contributed by atoms with E-state index in [4.69, 9.17) is 0 Å².